The lowest BCUT2D eigenvalue weighted by atomic mass is 9.96. The normalized spacial score (nSPS) is 10.8. The van der Waals surface area contributed by atoms with Crippen molar-refractivity contribution in [2.75, 3.05) is 101 Å². The lowest BCUT2D eigenvalue weighted by Crippen LogP contribution is -2.34. The van der Waals surface area contributed by atoms with E-state index in [4.69, 9.17) is 104 Å². The Bertz CT molecular complexity index is 6430. The van der Waals surface area contributed by atoms with Crippen LogP contribution >= 0.6 is 92.0 Å². The van der Waals surface area contributed by atoms with Crippen LogP contribution in [0.4, 0.5) is 25.8 Å². The molecule has 0 spiro atoms. The number of halogens is 5. The number of amides is 3. The van der Waals surface area contributed by atoms with Gasteiger partial charge in [-0.3, -0.25) is 28.8 Å². The molecule has 0 fully saturated rings. The zero-order valence-electron chi connectivity index (χ0n) is 86.2. The average Bonchev–Trinajstić information content (AvgIpc) is 1.68. The number of anilines is 2. The van der Waals surface area contributed by atoms with Gasteiger partial charge in [-0.25, -0.2) is 43.3 Å². The standard InChI is InChI=1S/C30H34ClNO6S.C24H24ClNO4S.C20H30N2O5.C10H22N2O2.C9H4Cl2OS.C9H9NO4.C5H6ClN3O/c1-30(2,3)38-29(36)32(4)16-10-6-7-12-23(33)20-15-14-19(22(17-20)28(35)37-5)18-24(34)27-26(31)21-11-8-9-13-25(21)39-27;1-26-12-6-2-3-8-19(27)16-11-10-15(18(13-16)24(29)30)14-20(28)23-22(25)17-7-4-5-9-21(17)31-23;1-20(2,3)27-19(25)22(4)12-8-6-7-9-17(23)14-10-11-16(21)15(13-14)18(24)26-5;1-10(2,3)14-9(13)12(4)8-6-5-7-11;10-7-5-3-1-2-4-6(5)13-8(7)9(11)12;1-14-9(13)6-4-5(8(11)12)2-3-7(6)10;1-3-7-4(6)9-5(8-3)10-2/h8-9,11,13-15,17H,6-7,10,12,16,18H2,1-5H3;4-5,7,9-11,13,26H,2-3,6,8,12,14H2,1H3,(H,29,30);10-11,13H,6-9,12,21H2,1-5H3;5-8,11H2,1-4H3;1-4H;2-4H,10H2,1H3,(H,11,12);1-2H3. The van der Waals surface area contributed by atoms with Crippen LogP contribution in [0.5, 0.6) is 6.01 Å². The number of ketones is 5. The van der Waals surface area contributed by atoms with Gasteiger partial charge in [0.15, 0.2) is 28.9 Å². The second kappa shape index (κ2) is 62.0. The minimum Gasteiger partial charge on any atom is -0.478 e. The Labute approximate surface area is 898 Å². The fourth-order valence-electron chi connectivity index (χ4n) is 13.5. The molecule has 0 aliphatic rings. The number of unbranched alkanes of at least 4 members (excludes halogenated alkanes) is 7. The number of Topliss-reactive ketones (excluding diaryl/α,β-unsaturated/α-hetero) is 5. The molecule has 4 aromatic heterocycles. The van der Waals surface area contributed by atoms with E-state index in [9.17, 15) is 72.2 Å². The Balaban J connectivity index is 0.000000319. The molecule has 3 amide bonds. The van der Waals surface area contributed by atoms with Crippen molar-refractivity contribution in [2.45, 2.75) is 189 Å². The van der Waals surface area contributed by atoms with Gasteiger partial charge < -0.3 is 80.6 Å². The maximum atomic E-state index is 13.1. The number of methoxy groups -OCH3 is 4. The number of ether oxygens (including phenoxy) is 7. The Hall–Kier alpha value is -12.6. The van der Waals surface area contributed by atoms with E-state index in [-0.39, 0.29) is 111 Å². The number of hydrogen-bond donors (Lipinski definition) is 6. The number of aromatic nitrogens is 3. The summed E-state index contributed by atoms with van der Waals surface area (Å²) in [6, 6.07) is 40.6. The third-order valence-corrected chi connectivity index (χ3v) is 26.6. The highest BCUT2D eigenvalue weighted by atomic mass is 35.5. The molecule has 0 saturated carbocycles. The van der Waals surface area contributed by atoms with Gasteiger partial charge in [0, 0.05) is 131 Å². The van der Waals surface area contributed by atoms with Gasteiger partial charge in [-0.15, -0.1) is 34.0 Å². The van der Waals surface area contributed by atoms with Crippen LogP contribution in [0, 0.1) is 6.92 Å². The Morgan fingerprint density at radius 2 is 0.730 bits per heavy atom. The van der Waals surface area contributed by atoms with Crippen LogP contribution in [-0.2, 0) is 41.3 Å². The highest BCUT2D eigenvalue weighted by molar-refractivity contribution is 7.23. The lowest BCUT2D eigenvalue weighted by molar-refractivity contribution is 0.0286. The SMILES string of the molecule is CN(CCCCN)C(=O)OC(C)(C)C.CNCCCCCC(=O)c1ccc(CC(=O)c2sc3ccccc3c2Cl)c(C(=O)O)c1.COC(=O)c1cc(C(=O)CCCCCN(C)C(=O)OC(C)(C)C)ccc1CC(=O)c1sc2ccccc2c1Cl.COC(=O)c1cc(C(=O)CCCCCN(C)C(=O)OC(C)(C)C)ccc1N.COC(=O)c1cc(C(=O)O)ccc1N.COc1nc(C)nc(Cl)n1.O=C(Cl)c1sc2ccccc2c1Cl. The number of carbonyl (C=O) groups is 14. The van der Waals surface area contributed by atoms with Crippen molar-refractivity contribution in [3.63, 3.8) is 0 Å². The summed E-state index contributed by atoms with van der Waals surface area (Å²) in [6.07, 6.45) is 8.85. The molecule has 4 heterocycles. The maximum absolute atomic E-state index is 13.1. The number of carboxylic acids is 2. The number of thiophene rings is 3. The third kappa shape index (κ3) is 42.2. The van der Waals surface area contributed by atoms with Gasteiger partial charge in [0.05, 0.1) is 81.1 Å². The van der Waals surface area contributed by atoms with Crippen LogP contribution in [0.3, 0.4) is 0 Å². The summed E-state index contributed by atoms with van der Waals surface area (Å²) in [5, 5.41) is 24.8. The van der Waals surface area contributed by atoms with Crippen LogP contribution < -0.4 is 27.3 Å². The number of esters is 3. The predicted octanol–water partition coefficient (Wildman–Crippen LogP) is 23.8. The van der Waals surface area contributed by atoms with Crippen molar-refractivity contribution in [1.82, 2.24) is 35.0 Å². The topological polar surface area (TPSA) is 483 Å². The first-order chi connectivity index (χ1) is 69.7. The first-order valence-electron chi connectivity index (χ1n) is 46.9. The number of nitrogen functional groups attached to an aromatic ring is 2. The molecule has 0 radical (unpaired) electrons. The summed E-state index contributed by atoms with van der Waals surface area (Å²) in [4.78, 5) is 185. The molecule has 0 bridgehead atoms. The maximum Gasteiger partial charge on any atom is 0.410 e. The van der Waals surface area contributed by atoms with Gasteiger partial charge in [0.2, 0.25) is 5.28 Å². The molecule has 798 valence electrons. The minimum absolute atomic E-state index is 0.000370. The summed E-state index contributed by atoms with van der Waals surface area (Å²) in [6.45, 7) is 21.6. The number of hydrogen-bond acceptors (Lipinski definition) is 31. The first kappa shape index (κ1) is 126. The number of benzene rings is 7. The Morgan fingerprint density at radius 3 is 1.07 bits per heavy atom. The van der Waals surface area contributed by atoms with Gasteiger partial charge in [-0.2, -0.15) is 9.97 Å². The molecule has 0 unspecified atom stereocenters. The monoisotopic (exact) mass is 2190 g/mol. The molecule has 0 atom stereocenters. The number of rotatable bonds is 38. The molecular formula is C107H129Cl5N10O23S3. The molecule has 33 nitrogen and oxygen atoms in total. The highest BCUT2D eigenvalue weighted by Gasteiger charge is 2.28. The Kier molecular flexibility index (Phi) is 52.7. The average molecular weight is 2200 g/mol. The molecule has 11 rings (SSSR count). The summed E-state index contributed by atoms with van der Waals surface area (Å²) in [5.41, 5.74) is 18.0. The number of aromatic carboxylic acids is 2. The quantitative estimate of drug-likeness (QED) is 0.00523. The van der Waals surface area contributed by atoms with Crippen LogP contribution in [0.15, 0.2) is 146 Å². The van der Waals surface area contributed by atoms with Crippen molar-refractivity contribution in [3.8, 4) is 6.01 Å². The van der Waals surface area contributed by atoms with Gasteiger partial charge in [-0.1, -0.05) is 133 Å². The van der Waals surface area contributed by atoms with Crippen molar-refractivity contribution >= 4 is 216 Å². The van der Waals surface area contributed by atoms with E-state index in [1.807, 2.05) is 142 Å². The molecule has 7 aromatic carbocycles. The fraction of sp³-hybridized carbons (Fsp3) is 0.393. The second-order valence-electron chi connectivity index (χ2n) is 36.3. The van der Waals surface area contributed by atoms with Crippen molar-refractivity contribution in [1.29, 1.82) is 0 Å². The lowest BCUT2D eigenvalue weighted by Gasteiger charge is -2.24. The van der Waals surface area contributed by atoms with E-state index in [0.717, 1.165) is 94.6 Å². The van der Waals surface area contributed by atoms with E-state index in [1.165, 1.54) is 115 Å². The second-order valence-corrected chi connectivity index (χ2v) is 41.2. The number of fused-ring (bicyclic) bond motifs is 3. The molecule has 0 aliphatic carbocycles. The molecule has 0 aliphatic heterocycles. The molecule has 9 N–H and O–H groups in total. The van der Waals surface area contributed by atoms with Crippen molar-refractivity contribution in [2.24, 2.45) is 5.73 Å². The van der Waals surface area contributed by atoms with Gasteiger partial charge in [0.1, 0.15) is 27.5 Å². The van der Waals surface area contributed by atoms with Crippen LogP contribution in [-0.4, -0.2) is 228 Å². The molecule has 148 heavy (non-hydrogen) atoms. The molecule has 41 heteroatoms. The Morgan fingerprint density at radius 1 is 0.399 bits per heavy atom. The number of nitrogens with one attached hydrogen (secondary N) is 1. The zero-order chi connectivity index (χ0) is 111. The van der Waals surface area contributed by atoms with Crippen LogP contribution in [0.1, 0.15) is 281 Å². The van der Waals surface area contributed by atoms with Gasteiger partial charge in [-0.05, 0) is 242 Å². The smallest absolute Gasteiger partial charge is 0.410 e. The minimum atomic E-state index is -1.16. The van der Waals surface area contributed by atoms with Crippen LogP contribution in [0.25, 0.3) is 30.3 Å². The number of nitrogens with zero attached hydrogens (tertiary/aromatic N) is 6. The van der Waals surface area contributed by atoms with Crippen molar-refractivity contribution < 1.29 is 110 Å². The molecule has 11 aromatic rings. The number of nitrogens with two attached hydrogens (primary N) is 3. The predicted molar refractivity (Wildman–Crippen MR) is 583 cm³/mol. The van der Waals surface area contributed by atoms with E-state index < -0.39 is 51.9 Å². The molecule has 0 saturated heterocycles. The number of carbonyl (C=O) groups excluding carboxylic acids is 12. The largest absolute Gasteiger partial charge is 0.478 e. The summed E-state index contributed by atoms with van der Waals surface area (Å²) < 4.78 is 37.4. The molecular weight excluding hydrogens is 2070 g/mol. The summed E-state index contributed by atoms with van der Waals surface area (Å²) in [7, 11) is 12.2. The van der Waals surface area contributed by atoms with Gasteiger partial charge in [0.25, 0.3) is 5.24 Å². The van der Waals surface area contributed by atoms with E-state index in [1.54, 1.807) is 63.3 Å². The highest BCUT2D eigenvalue weighted by Crippen LogP contribution is 2.40. The summed E-state index contributed by atoms with van der Waals surface area (Å²) in [5.74, 6) is -4.23. The number of carboxylic acid groups (broad SMARTS) is 2. The van der Waals surface area contributed by atoms with Crippen molar-refractivity contribution in [3.05, 3.63) is 242 Å². The number of aryl methyl sites for hydroxylation is 1. The first-order valence-corrected chi connectivity index (χ1v) is 51.3. The van der Waals surface area contributed by atoms with E-state index in [2.05, 4.69) is 29.7 Å². The van der Waals surface area contributed by atoms with Gasteiger partial charge >= 0.3 is 54.1 Å². The van der Waals surface area contributed by atoms with E-state index in [0.29, 0.717) is 122 Å². The zero-order valence-corrected chi connectivity index (χ0v) is 92.4. The fourth-order valence-corrected chi connectivity index (χ4v) is 18.2. The van der Waals surface area contributed by atoms with Crippen LogP contribution in [0.2, 0.25) is 20.4 Å². The van der Waals surface area contributed by atoms with E-state index >= 15 is 0 Å². The summed E-state index contributed by atoms with van der Waals surface area (Å²) >= 11 is 33.6. The third-order valence-electron chi connectivity index (χ3n) is 21.0.